The van der Waals surface area contributed by atoms with Crippen LogP contribution in [0.1, 0.15) is 47.8 Å². The smallest absolute Gasteiger partial charge is 0.157 e. The van der Waals surface area contributed by atoms with Gasteiger partial charge in [-0.1, -0.05) is 48.5 Å². The van der Waals surface area contributed by atoms with Crippen LogP contribution in [0.4, 0.5) is 5.69 Å². The van der Waals surface area contributed by atoms with Crippen molar-refractivity contribution in [2.45, 2.75) is 37.4 Å². The van der Waals surface area contributed by atoms with Gasteiger partial charge in [0.25, 0.3) is 0 Å². The van der Waals surface area contributed by atoms with Crippen LogP contribution in [0.2, 0.25) is 0 Å². The molecule has 1 saturated heterocycles. The van der Waals surface area contributed by atoms with Crippen molar-refractivity contribution in [3.05, 3.63) is 89.5 Å². The molecule has 2 unspecified atom stereocenters. The van der Waals surface area contributed by atoms with Gasteiger partial charge in [-0.2, -0.15) is 0 Å². The molecule has 2 atom stereocenters. The fraction of sp³-hybridized carbons (Fsp3) is 0.400. The van der Waals surface area contributed by atoms with E-state index >= 15 is 0 Å². The third kappa shape index (κ3) is 5.16. The first-order chi connectivity index (χ1) is 17.2. The molecule has 0 spiro atoms. The Balaban J connectivity index is 1.35. The van der Waals surface area contributed by atoms with Crippen molar-refractivity contribution in [2.24, 2.45) is 5.92 Å². The van der Waals surface area contributed by atoms with Gasteiger partial charge in [-0.05, 0) is 48.1 Å². The van der Waals surface area contributed by atoms with Gasteiger partial charge in [0, 0.05) is 62.9 Å². The molecule has 3 aromatic rings. The summed E-state index contributed by atoms with van der Waals surface area (Å²) in [6.45, 7) is 2.69. The van der Waals surface area contributed by atoms with Crippen molar-refractivity contribution in [1.29, 1.82) is 0 Å². The first-order valence-corrected chi connectivity index (χ1v) is 12.6. The Kier molecular flexibility index (Phi) is 7.26. The second-order valence-electron chi connectivity index (χ2n) is 9.69. The van der Waals surface area contributed by atoms with E-state index in [1.165, 1.54) is 16.8 Å². The lowest BCUT2D eigenvalue weighted by Crippen LogP contribution is -2.35. The summed E-state index contributed by atoms with van der Waals surface area (Å²) in [5, 5.41) is 10.0. The summed E-state index contributed by atoms with van der Waals surface area (Å²) >= 11 is 0. The average Bonchev–Trinajstić information content (AvgIpc) is 2.92. The van der Waals surface area contributed by atoms with Crippen molar-refractivity contribution < 1.29 is 19.3 Å². The van der Waals surface area contributed by atoms with Gasteiger partial charge < -0.3 is 24.2 Å². The first kappa shape index (κ1) is 23.7. The van der Waals surface area contributed by atoms with Gasteiger partial charge in [-0.3, -0.25) is 0 Å². The predicted molar refractivity (Wildman–Crippen MR) is 138 cm³/mol. The van der Waals surface area contributed by atoms with E-state index in [1.807, 2.05) is 6.07 Å². The van der Waals surface area contributed by atoms with Crippen LogP contribution in [0.15, 0.2) is 72.8 Å². The number of hydrogen-bond acceptors (Lipinski definition) is 5. The van der Waals surface area contributed by atoms with Gasteiger partial charge in [-0.25, -0.2) is 0 Å². The number of aromatic hydroxyl groups is 1. The molecular weight excluding hydrogens is 438 g/mol. The maximum absolute atomic E-state index is 10.0. The molecule has 0 amide bonds. The van der Waals surface area contributed by atoms with Crippen LogP contribution in [0, 0.1) is 5.92 Å². The minimum atomic E-state index is -0.104. The number of phenols is 1. The van der Waals surface area contributed by atoms with E-state index in [0.717, 1.165) is 43.7 Å². The van der Waals surface area contributed by atoms with Gasteiger partial charge in [-0.15, -0.1) is 0 Å². The summed E-state index contributed by atoms with van der Waals surface area (Å²) < 4.78 is 16.9. The molecular formula is C30H35NO4. The summed E-state index contributed by atoms with van der Waals surface area (Å²) in [7, 11) is 3.43. The minimum Gasteiger partial charge on any atom is -0.508 e. The summed E-state index contributed by atoms with van der Waals surface area (Å²) in [4.78, 5) is 2.49. The predicted octanol–water partition coefficient (Wildman–Crippen LogP) is 5.93. The Morgan fingerprint density at radius 3 is 2.31 bits per heavy atom. The van der Waals surface area contributed by atoms with Gasteiger partial charge >= 0.3 is 0 Å². The van der Waals surface area contributed by atoms with Crippen LogP contribution in [0.25, 0.3) is 0 Å². The quantitative estimate of drug-likeness (QED) is 0.431. The van der Waals surface area contributed by atoms with E-state index in [9.17, 15) is 5.11 Å². The normalized spacial score (nSPS) is 20.5. The highest BCUT2D eigenvalue weighted by molar-refractivity contribution is 5.54. The number of ether oxygens (including phenoxy) is 3. The highest BCUT2D eigenvalue weighted by Crippen LogP contribution is 2.47. The summed E-state index contributed by atoms with van der Waals surface area (Å²) in [5.41, 5.74) is 4.95. The van der Waals surface area contributed by atoms with Crippen molar-refractivity contribution in [2.75, 3.05) is 38.8 Å². The largest absolute Gasteiger partial charge is 0.508 e. The number of phenolic OH excluding ortho intramolecular Hbond substituents is 1. The number of benzene rings is 3. The number of nitrogens with zero attached hydrogens (tertiary/aromatic N) is 1. The molecule has 3 aromatic carbocycles. The third-order valence-corrected chi connectivity index (χ3v) is 7.66. The zero-order chi connectivity index (χ0) is 24.2. The van der Waals surface area contributed by atoms with E-state index < -0.39 is 0 Å². The summed E-state index contributed by atoms with van der Waals surface area (Å²) in [6.07, 6.45) is 3.16. The Bertz CT molecular complexity index is 1090. The Hall–Kier alpha value is -3.02. The van der Waals surface area contributed by atoms with E-state index in [-0.39, 0.29) is 23.9 Å². The Morgan fingerprint density at radius 1 is 0.914 bits per heavy atom. The van der Waals surface area contributed by atoms with Gasteiger partial charge in [0.15, 0.2) is 6.29 Å². The molecule has 0 radical (unpaired) electrons. The lowest BCUT2D eigenvalue weighted by molar-refractivity contribution is -0.115. The van der Waals surface area contributed by atoms with Crippen LogP contribution in [0.3, 0.4) is 0 Å². The Labute approximate surface area is 208 Å². The molecule has 0 bridgehead atoms. The van der Waals surface area contributed by atoms with Crippen molar-refractivity contribution in [1.82, 2.24) is 0 Å². The number of piperidine rings is 1. The highest BCUT2D eigenvalue weighted by Gasteiger charge is 2.33. The first-order valence-electron chi connectivity index (χ1n) is 12.6. The molecule has 2 aliphatic heterocycles. The van der Waals surface area contributed by atoms with Crippen LogP contribution < -0.4 is 9.64 Å². The minimum absolute atomic E-state index is 0.104. The van der Waals surface area contributed by atoms with Crippen LogP contribution >= 0.6 is 0 Å². The van der Waals surface area contributed by atoms with Gasteiger partial charge in [0.05, 0.1) is 6.61 Å². The van der Waals surface area contributed by atoms with Crippen LogP contribution in [-0.2, 0) is 9.47 Å². The molecule has 0 aromatic heterocycles. The van der Waals surface area contributed by atoms with Gasteiger partial charge in [0.1, 0.15) is 11.5 Å². The van der Waals surface area contributed by atoms with E-state index in [2.05, 4.69) is 59.5 Å². The fourth-order valence-corrected chi connectivity index (χ4v) is 5.68. The molecule has 0 saturated carbocycles. The lowest BCUT2D eigenvalue weighted by atomic mass is 9.76. The number of anilines is 1. The number of fused-ring (bicyclic) bond motifs is 1. The van der Waals surface area contributed by atoms with E-state index in [4.69, 9.17) is 14.2 Å². The maximum Gasteiger partial charge on any atom is 0.157 e. The molecule has 2 aliphatic rings. The molecule has 5 rings (SSSR count). The van der Waals surface area contributed by atoms with Crippen LogP contribution in [-0.4, -0.2) is 45.3 Å². The summed E-state index contributed by atoms with van der Waals surface area (Å²) in [5.74, 6) is 2.03. The second kappa shape index (κ2) is 10.7. The standard InChI is InChI=1S/C30H35NO4/c1-33-29(34-2)18-21-14-16-31(17-15-21)24-10-8-23(9-11-24)30-26-13-12-25(32)19-28(26)35-20-27(30)22-6-4-3-5-7-22/h3-13,19,21,27,29-30,32H,14-18,20H2,1-2H3. The molecule has 1 fully saturated rings. The molecule has 35 heavy (non-hydrogen) atoms. The highest BCUT2D eigenvalue weighted by atomic mass is 16.7. The monoisotopic (exact) mass is 473 g/mol. The number of rotatable bonds is 7. The maximum atomic E-state index is 10.0. The SMILES string of the molecule is COC(CC1CCN(c2ccc(C3c4ccc(O)cc4OCC3c3ccccc3)cc2)CC1)OC. The molecule has 5 nitrogen and oxygen atoms in total. The second-order valence-corrected chi connectivity index (χ2v) is 9.69. The lowest BCUT2D eigenvalue weighted by Gasteiger charge is -2.36. The van der Waals surface area contributed by atoms with E-state index in [0.29, 0.717) is 12.5 Å². The Morgan fingerprint density at radius 2 is 1.63 bits per heavy atom. The zero-order valence-electron chi connectivity index (χ0n) is 20.6. The zero-order valence-corrected chi connectivity index (χ0v) is 20.6. The molecule has 1 N–H and O–H groups in total. The van der Waals surface area contributed by atoms with E-state index in [1.54, 1.807) is 26.4 Å². The van der Waals surface area contributed by atoms with Crippen molar-refractivity contribution in [3.8, 4) is 11.5 Å². The third-order valence-electron chi connectivity index (χ3n) is 7.66. The molecule has 184 valence electrons. The molecule has 5 heteroatoms. The van der Waals surface area contributed by atoms with Crippen molar-refractivity contribution >= 4 is 5.69 Å². The topological polar surface area (TPSA) is 51.2 Å². The number of hydrogen-bond donors (Lipinski definition) is 1. The summed E-state index contributed by atoms with van der Waals surface area (Å²) in [6, 6.07) is 25.2. The molecule has 0 aliphatic carbocycles. The average molecular weight is 474 g/mol. The van der Waals surface area contributed by atoms with Gasteiger partial charge in [0.2, 0.25) is 0 Å². The van der Waals surface area contributed by atoms with Crippen molar-refractivity contribution in [3.63, 3.8) is 0 Å². The van der Waals surface area contributed by atoms with Crippen LogP contribution in [0.5, 0.6) is 11.5 Å². The fourth-order valence-electron chi connectivity index (χ4n) is 5.68. The number of methoxy groups -OCH3 is 2. The molecule has 2 heterocycles.